The Morgan fingerprint density at radius 2 is 2.25 bits per heavy atom. The molecule has 2 aliphatic rings. The van der Waals surface area contributed by atoms with Gasteiger partial charge < -0.3 is 5.32 Å². The summed E-state index contributed by atoms with van der Waals surface area (Å²) in [6.07, 6.45) is 2.74. The van der Waals surface area contributed by atoms with Crippen molar-refractivity contribution in [2.24, 2.45) is 0 Å². The molecule has 1 fully saturated rings. The van der Waals surface area contributed by atoms with Gasteiger partial charge in [0.25, 0.3) is 0 Å². The van der Waals surface area contributed by atoms with Crippen LogP contribution in [0.3, 0.4) is 0 Å². The number of aryl methyl sites for hydroxylation is 1. The van der Waals surface area contributed by atoms with E-state index in [9.17, 15) is 0 Å². The Hall–Kier alpha value is -0.980. The Bertz CT molecular complexity index is 330. The third-order valence-corrected chi connectivity index (χ3v) is 3.22. The van der Waals surface area contributed by atoms with E-state index < -0.39 is 0 Å². The van der Waals surface area contributed by atoms with Crippen LogP contribution in [0.4, 0.5) is 5.69 Å². The van der Waals surface area contributed by atoms with E-state index in [4.69, 9.17) is 0 Å². The lowest BCUT2D eigenvalue weighted by molar-refractivity contribution is 0.391. The largest absolute Gasteiger partial charge is 0.381 e. The zero-order valence-corrected chi connectivity index (χ0v) is 7.30. The first kappa shape index (κ1) is 6.53. The molecule has 3 rings (SSSR count). The Morgan fingerprint density at radius 3 is 3.00 bits per heavy atom. The van der Waals surface area contributed by atoms with Crippen LogP contribution in [-0.4, -0.2) is 6.04 Å². The van der Waals surface area contributed by atoms with Gasteiger partial charge in [0.2, 0.25) is 0 Å². The van der Waals surface area contributed by atoms with Crippen LogP contribution in [0.25, 0.3) is 0 Å². The van der Waals surface area contributed by atoms with Crippen LogP contribution >= 0.6 is 0 Å². The normalized spacial score (nSPS) is 30.1. The van der Waals surface area contributed by atoms with Crippen LogP contribution in [0.2, 0.25) is 0 Å². The van der Waals surface area contributed by atoms with E-state index in [0.29, 0.717) is 0 Å². The fourth-order valence-electron chi connectivity index (χ4n) is 2.37. The van der Waals surface area contributed by atoms with E-state index in [1.54, 1.807) is 5.56 Å². The number of hydrogen-bond acceptors (Lipinski definition) is 1. The van der Waals surface area contributed by atoms with Crippen LogP contribution in [0, 0.1) is 6.92 Å². The molecule has 1 aromatic carbocycles. The fraction of sp³-hybridized carbons (Fsp3) is 0.455. The third-order valence-electron chi connectivity index (χ3n) is 3.22. The quantitative estimate of drug-likeness (QED) is 0.613. The van der Waals surface area contributed by atoms with E-state index in [2.05, 4.69) is 30.4 Å². The molecule has 0 amide bonds. The Morgan fingerprint density at radius 1 is 1.33 bits per heavy atom. The van der Waals surface area contributed by atoms with Crippen molar-refractivity contribution < 1.29 is 0 Å². The summed E-state index contributed by atoms with van der Waals surface area (Å²) in [6.45, 7) is 2.17. The first-order valence-electron chi connectivity index (χ1n) is 4.72. The maximum absolute atomic E-state index is 3.56. The molecule has 1 N–H and O–H groups in total. The highest BCUT2D eigenvalue weighted by molar-refractivity contribution is 5.61. The van der Waals surface area contributed by atoms with E-state index in [-0.39, 0.29) is 0 Å². The highest BCUT2D eigenvalue weighted by atomic mass is 15.0. The topological polar surface area (TPSA) is 12.0 Å². The number of benzene rings is 1. The van der Waals surface area contributed by atoms with Crippen LogP contribution in [0.15, 0.2) is 18.2 Å². The van der Waals surface area contributed by atoms with Gasteiger partial charge in [-0.1, -0.05) is 17.7 Å². The molecule has 1 aliphatic carbocycles. The van der Waals surface area contributed by atoms with Gasteiger partial charge in [0.15, 0.2) is 0 Å². The summed E-state index contributed by atoms with van der Waals surface area (Å²) in [4.78, 5) is 0. The lowest BCUT2D eigenvalue weighted by atomic mass is 9.78. The molecular weight excluding hydrogens is 146 g/mol. The van der Waals surface area contributed by atoms with Crippen molar-refractivity contribution in [1.82, 2.24) is 0 Å². The van der Waals surface area contributed by atoms with Crippen LogP contribution in [0.1, 0.15) is 29.9 Å². The molecule has 0 radical (unpaired) electrons. The predicted molar refractivity (Wildman–Crippen MR) is 50.6 cm³/mol. The summed E-state index contributed by atoms with van der Waals surface area (Å²) in [6, 6.07) is 7.52. The molecule has 62 valence electrons. The smallest absolute Gasteiger partial charge is 0.0378 e. The van der Waals surface area contributed by atoms with Crippen LogP contribution in [-0.2, 0) is 0 Å². The van der Waals surface area contributed by atoms with Gasteiger partial charge in [0.05, 0.1) is 0 Å². The van der Waals surface area contributed by atoms with Crippen molar-refractivity contribution in [3.8, 4) is 0 Å². The molecule has 1 aliphatic heterocycles. The maximum Gasteiger partial charge on any atom is 0.0378 e. The monoisotopic (exact) mass is 159 g/mol. The molecule has 12 heavy (non-hydrogen) atoms. The lowest BCUT2D eigenvalue weighted by Crippen LogP contribution is -2.29. The summed E-state index contributed by atoms with van der Waals surface area (Å²) in [5, 5.41) is 3.56. The second-order valence-corrected chi connectivity index (χ2v) is 4.03. The van der Waals surface area contributed by atoms with Crippen molar-refractivity contribution in [2.75, 3.05) is 5.32 Å². The zero-order valence-electron chi connectivity index (χ0n) is 7.30. The summed E-state index contributed by atoms with van der Waals surface area (Å²) in [5.74, 6) is 0.833. The summed E-state index contributed by atoms with van der Waals surface area (Å²) in [7, 11) is 0. The Kier molecular flexibility index (Phi) is 1.11. The van der Waals surface area contributed by atoms with Gasteiger partial charge in [-0.2, -0.15) is 0 Å². The van der Waals surface area contributed by atoms with Gasteiger partial charge in [0.1, 0.15) is 0 Å². The van der Waals surface area contributed by atoms with Gasteiger partial charge in [0, 0.05) is 17.6 Å². The van der Waals surface area contributed by atoms with E-state index in [0.717, 1.165) is 12.0 Å². The van der Waals surface area contributed by atoms with Gasteiger partial charge in [-0.25, -0.2) is 0 Å². The highest BCUT2D eigenvalue weighted by Gasteiger charge is 2.38. The lowest BCUT2D eigenvalue weighted by Gasteiger charge is -2.30. The number of nitrogens with one attached hydrogen (secondary N) is 1. The van der Waals surface area contributed by atoms with Crippen molar-refractivity contribution in [2.45, 2.75) is 31.7 Å². The van der Waals surface area contributed by atoms with Gasteiger partial charge in [-0.15, -0.1) is 0 Å². The predicted octanol–water partition coefficient (Wildman–Crippen LogP) is 2.67. The molecule has 1 unspecified atom stereocenters. The number of hydrogen-bond donors (Lipinski definition) is 1. The van der Waals surface area contributed by atoms with Crippen LogP contribution in [0.5, 0.6) is 0 Å². The minimum absolute atomic E-state index is 0.766. The highest BCUT2D eigenvalue weighted by Crippen LogP contribution is 2.47. The van der Waals surface area contributed by atoms with Gasteiger partial charge in [-0.3, -0.25) is 0 Å². The summed E-state index contributed by atoms with van der Waals surface area (Å²) >= 11 is 0. The number of fused-ring (bicyclic) bond motifs is 3. The van der Waals surface area contributed by atoms with Crippen molar-refractivity contribution >= 4 is 5.69 Å². The SMILES string of the molecule is Cc1ccc2c(c1)[C@H]1CCC1N2. The zero-order chi connectivity index (χ0) is 8.13. The maximum atomic E-state index is 3.56. The molecule has 0 aromatic heterocycles. The van der Waals surface area contributed by atoms with Gasteiger partial charge in [-0.05, 0) is 31.4 Å². The average molecular weight is 159 g/mol. The molecular formula is C11H13N. The molecule has 1 aromatic rings. The Labute approximate surface area is 72.8 Å². The average Bonchev–Trinajstić information content (AvgIpc) is 2.22. The first-order valence-corrected chi connectivity index (χ1v) is 4.72. The molecule has 1 nitrogen and oxygen atoms in total. The molecule has 1 saturated carbocycles. The first-order chi connectivity index (χ1) is 5.84. The second kappa shape index (κ2) is 2.03. The van der Waals surface area contributed by atoms with Crippen molar-refractivity contribution in [3.63, 3.8) is 0 Å². The molecule has 1 heterocycles. The van der Waals surface area contributed by atoms with E-state index in [1.165, 1.54) is 24.1 Å². The fourth-order valence-corrected chi connectivity index (χ4v) is 2.37. The molecule has 0 saturated heterocycles. The second-order valence-electron chi connectivity index (χ2n) is 4.03. The minimum atomic E-state index is 0.766. The van der Waals surface area contributed by atoms with Crippen molar-refractivity contribution in [3.05, 3.63) is 29.3 Å². The number of rotatable bonds is 0. The molecule has 0 bridgehead atoms. The summed E-state index contributed by atoms with van der Waals surface area (Å²) in [5.41, 5.74) is 4.34. The van der Waals surface area contributed by atoms with Gasteiger partial charge >= 0.3 is 0 Å². The van der Waals surface area contributed by atoms with Crippen molar-refractivity contribution in [1.29, 1.82) is 0 Å². The Balaban J connectivity index is 2.13. The minimum Gasteiger partial charge on any atom is -0.381 e. The van der Waals surface area contributed by atoms with E-state index in [1.807, 2.05) is 0 Å². The summed E-state index contributed by atoms with van der Waals surface area (Å²) < 4.78 is 0. The molecule has 0 spiro atoms. The molecule has 1 heteroatoms. The third kappa shape index (κ3) is 0.689. The van der Waals surface area contributed by atoms with E-state index >= 15 is 0 Å². The number of anilines is 1. The van der Waals surface area contributed by atoms with Crippen LogP contribution < -0.4 is 5.32 Å². The standard InChI is InChI=1S/C11H13N/c1-7-2-4-11-9(6-7)8-3-5-10(8)12-11/h2,4,6,8,10,12H,3,5H2,1H3/t8-,10?/m1/s1. The molecule has 2 atom stereocenters.